The van der Waals surface area contributed by atoms with Gasteiger partial charge in [-0.2, -0.15) is 0 Å². The van der Waals surface area contributed by atoms with Crippen LogP contribution in [0.2, 0.25) is 0 Å². The van der Waals surface area contributed by atoms with Gasteiger partial charge < -0.3 is 10.1 Å². The van der Waals surface area contributed by atoms with Gasteiger partial charge in [0, 0.05) is 23.5 Å². The maximum Gasteiger partial charge on any atom is 0.128 e. The molecule has 0 fully saturated rings. The number of hydrogen-bond acceptors (Lipinski definition) is 3. The van der Waals surface area contributed by atoms with Crippen LogP contribution in [0.1, 0.15) is 16.0 Å². The monoisotopic (exact) mass is 279 g/mol. The van der Waals surface area contributed by atoms with Crippen molar-refractivity contribution in [1.29, 1.82) is 0 Å². The van der Waals surface area contributed by atoms with Crippen LogP contribution in [-0.2, 0) is 17.9 Å². The maximum absolute atomic E-state index is 13.3. The van der Waals surface area contributed by atoms with Crippen molar-refractivity contribution in [3.8, 4) is 0 Å². The van der Waals surface area contributed by atoms with Crippen molar-refractivity contribution in [1.82, 2.24) is 5.32 Å². The molecule has 0 bridgehead atoms. The van der Waals surface area contributed by atoms with Crippen molar-refractivity contribution in [2.45, 2.75) is 20.1 Å². The third-order valence-electron chi connectivity index (χ3n) is 2.89. The van der Waals surface area contributed by atoms with Gasteiger partial charge in [-0.3, -0.25) is 0 Å². The van der Waals surface area contributed by atoms with Crippen LogP contribution < -0.4 is 5.32 Å². The molecule has 0 saturated carbocycles. The van der Waals surface area contributed by atoms with Crippen LogP contribution in [0.15, 0.2) is 35.7 Å². The van der Waals surface area contributed by atoms with Gasteiger partial charge in [-0.15, -0.1) is 11.3 Å². The Morgan fingerprint density at radius 2 is 2.11 bits per heavy atom. The molecule has 0 radical (unpaired) electrons. The molecular formula is C15H18FNOS. The number of hydrogen-bond donors (Lipinski definition) is 1. The average Bonchev–Trinajstić information content (AvgIpc) is 2.81. The minimum atomic E-state index is -0.204. The Kier molecular flexibility index (Phi) is 5.51. The molecule has 0 spiro atoms. The highest BCUT2D eigenvalue weighted by Crippen LogP contribution is 2.14. The van der Waals surface area contributed by atoms with Crippen LogP contribution in [0, 0.1) is 12.7 Å². The van der Waals surface area contributed by atoms with E-state index in [-0.39, 0.29) is 5.82 Å². The van der Waals surface area contributed by atoms with E-state index in [2.05, 4.69) is 23.7 Å². The number of halogens is 1. The quantitative estimate of drug-likeness (QED) is 0.783. The van der Waals surface area contributed by atoms with E-state index in [9.17, 15) is 4.39 Å². The first-order valence-electron chi connectivity index (χ1n) is 6.32. The molecule has 1 heterocycles. The van der Waals surface area contributed by atoms with Gasteiger partial charge in [-0.1, -0.05) is 18.2 Å². The number of benzene rings is 1. The summed E-state index contributed by atoms with van der Waals surface area (Å²) in [5, 5.41) is 5.42. The van der Waals surface area contributed by atoms with Crippen molar-refractivity contribution >= 4 is 11.3 Å². The van der Waals surface area contributed by atoms with Gasteiger partial charge >= 0.3 is 0 Å². The van der Waals surface area contributed by atoms with Crippen LogP contribution >= 0.6 is 11.3 Å². The van der Waals surface area contributed by atoms with E-state index in [1.165, 1.54) is 16.5 Å². The Morgan fingerprint density at radius 1 is 1.26 bits per heavy atom. The molecule has 0 saturated heterocycles. The molecule has 0 atom stereocenters. The minimum Gasteiger partial charge on any atom is -0.375 e. The zero-order chi connectivity index (χ0) is 13.5. The smallest absolute Gasteiger partial charge is 0.128 e. The SMILES string of the molecule is Cc1ccsc1CNCCOCc1ccccc1F. The van der Waals surface area contributed by atoms with E-state index in [4.69, 9.17) is 4.74 Å². The van der Waals surface area contributed by atoms with Crippen molar-refractivity contribution in [3.63, 3.8) is 0 Å². The Morgan fingerprint density at radius 3 is 2.84 bits per heavy atom. The number of aryl methyl sites for hydroxylation is 1. The fourth-order valence-corrected chi connectivity index (χ4v) is 2.60. The first-order valence-corrected chi connectivity index (χ1v) is 7.20. The summed E-state index contributed by atoms with van der Waals surface area (Å²) in [6.45, 7) is 4.66. The van der Waals surface area contributed by atoms with E-state index in [1.807, 2.05) is 6.07 Å². The second kappa shape index (κ2) is 7.38. The van der Waals surface area contributed by atoms with Crippen molar-refractivity contribution in [2.75, 3.05) is 13.2 Å². The molecule has 1 aromatic heterocycles. The van der Waals surface area contributed by atoms with Gasteiger partial charge in [0.15, 0.2) is 0 Å². The molecule has 0 aliphatic heterocycles. The highest BCUT2D eigenvalue weighted by molar-refractivity contribution is 7.10. The summed E-state index contributed by atoms with van der Waals surface area (Å²) >= 11 is 1.76. The summed E-state index contributed by atoms with van der Waals surface area (Å²) in [6, 6.07) is 8.83. The zero-order valence-corrected chi connectivity index (χ0v) is 11.8. The van der Waals surface area contributed by atoms with E-state index in [0.29, 0.717) is 18.8 Å². The fourth-order valence-electron chi connectivity index (χ4n) is 1.73. The third kappa shape index (κ3) is 4.42. The molecule has 0 unspecified atom stereocenters. The molecule has 1 N–H and O–H groups in total. The first kappa shape index (κ1) is 14.2. The lowest BCUT2D eigenvalue weighted by Gasteiger charge is -2.06. The summed E-state index contributed by atoms with van der Waals surface area (Å²) in [5.41, 5.74) is 1.93. The molecule has 2 aromatic rings. The number of ether oxygens (including phenoxy) is 1. The Bertz CT molecular complexity index is 512. The van der Waals surface area contributed by atoms with Gasteiger partial charge in [0.05, 0.1) is 13.2 Å². The number of nitrogens with one attached hydrogen (secondary N) is 1. The van der Waals surface area contributed by atoms with Crippen molar-refractivity contribution in [3.05, 3.63) is 57.5 Å². The molecule has 19 heavy (non-hydrogen) atoms. The molecule has 1 aromatic carbocycles. The summed E-state index contributed by atoms with van der Waals surface area (Å²) in [7, 11) is 0. The number of thiophene rings is 1. The van der Waals surface area contributed by atoms with Crippen LogP contribution in [0.25, 0.3) is 0 Å². The van der Waals surface area contributed by atoms with E-state index in [0.717, 1.165) is 13.1 Å². The van der Waals surface area contributed by atoms with Crippen LogP contribution in [-0.4, -0.2) is 13.2 Å². The zero-order valence-electron chi connectivity index (χ0n) is 11.0. The summed E-state index contributed by atoms with van der Waals surface area (Å²) < 4.78 is 18.8. The number of rotatable bonds is 7. The van der Waals surface area contributed by atoms with E-state index < -0.39 is 0 Å². The van der Waals surface area contributed by atoms with Gasteiger partial charge in [0.2, 0.25) is 0 Å². The lowest BCUT2D eigenvalue weighted by Crippen LogP contribution is -2.19. The molecule has 2 rings (SSSR count). The maximum atomic E-state index is 13.3. The topological polar surface area (TPSA) is 21.3 Å². The second-order valence-corrected chi connectivity index (χ2v) is 5.35. The molecule has 4 heteroatoms. The molecule has 0 aliphatic rings. The fraction of sp³-hybridized carbons (Fsp3) is 0.333. The summed E-state index contributed by atoms with van der Waals surface area (Å²) in [6.07, 6.45) is 0. The predicted octanol–water partition coefficient (Wildman–Crippen LogP) is 3.50. The van der Waals surface area contributed by atoms with Crippen LogP contribution in [0.5, 0.6) is 0 Å². The van der Waals surface area contributed by atoms with Crippen molar-refractivity contribution < 1.29 is 9.13 Å². The van der Waals surface area contributed by atoms with Crippen molar-refractivity contribution in [2.24, 2.45) is 0 Å². The van der Waals surface area contributed by atoms with Gasteiger partial charge in [-0.25, -0.2) is 4.39 Å². The average molecular weight is 279 g/mol. The Hall–Kier alpha value is -1.23. The highest BCUT2D eigenvalue weighted by atomic mass is 32.1. The van der Waals surface area contributed by atoms with E-state index in [1.54, 1.807) is 23.5 Å². The molecule has 0 aliphatic carbocycles. The summed E-state index contributed by atoms with van der Waals surface area (Å²) in [4.78, 5) is 1.36. The van der Waals surface area contributed by atoms with Crippen LogP contribution in [0.3, 0.4) is 0 Å². The summed E-state index contributed by atoms with van der Waals surface area (Å²) in [5.74, 6) is -0.204. The van der Waals surface area contributed by atoms with Crippen LogP contribution in [0.4, 0.5) is 4.39 Å². The molecular weight excluding hydrogens is 261 g/mol. The first-order chi connectivity index (χ1) is 9.27. The third-order valence-corrected chi connectivity index (χ3v) is 3.92. The molecule has 102 valence electrons. The Balaban J connectivity index is 1.60. The normalized spacial score (nSPS) is 10.8. The van der Waals surface area contributed by atoms with Gasteiger partial charge in [0.25, 0.3) is 0 Å². The highest BCUT2D eigenvalue weighted by Gasteiger charge is 2.01. The molecule has 0 amide bonds. The minimum absolute atomic E-state index is 0.204. The second-order valence-electron chi connectivity index (χ2n) is 4.35. The van der Waals surface area contributed by atoms with Gasteiger partial charge in [-0.05, 0) is 30.0 Å². The Labute approximate surface area is 117 Å². The van der Waals surface area contributed by atoms with E-state index >= 15 is 0 Å². The standard InChI is InChI=1S/C15H18FNOS/c1-12-6-9-19-15(12)10-17-7-8-18-11-13-4-2-3-5-14(13)16/h2-6,9,17H,7-8,10-11H2,1H3. The van der Waals surface area contributed by atoms with Gasteiger partial charge in [0.1, 0.15) is 5.82 Å². The largest absolute Gasteiger partial charge is 0.375 e. The predicted molar refractivity (Wildman–Crippen MR) is 76.8 cm³/mol. The molecule has 2 nitrogen and oxygen atoms in total. The lowest BCUT2D eigenvalue weighted by atomic mass is 10.2. The lowest BCUT2D eigenvalue weighted by molar-refractivity contribution is 0.120.